The van der Waals surface area contributed by atoms with Crippen molar-refractivity contribution in [1.29, 1.82) is 0 Å². The number of hydrogen-bond donors (Lipinski definition) is 1. The largest absolute Gasteiger partial charge is 0.314 e. The highest BCUT2D eigenvalue weighted by Gasteiger charge is 2.37. The highest BCUT2D eigenvalue weighted by atomic mass is 79.9. The molecule has 3 rings (SSSR count). The predicted molar refractivity (Wildman–Crippen MR) is 70.5 cm³/mol. The van der Waals surface area contributed by atoms with E-state index in [9.17, 15) is 8.78 Å². The van der Waals surface area contributed by atoms with Crippen LogP contribution in [0.25, 0.3) is 0 Å². The Kier molecular flexibility index (Phi) is 3.41. The van der Waals surface area contributed by atoms with Crippen molar-refractivity contribution in [1.82, 2.24) is 5.32 Å². The molecule has 1 nitrogen and oxygen atoms in total. The van der Waals surface area contributed by atoms with Gasteiger partial charge in [-0.2, -0.15) is 0 Å². The summed E-state index contributed by atoms with van der Waals surface area (Å²) < 4.78 is 28.2. The molecule has 98 valence electrons. The van der Waals surface area contributed by atoms with Crippen LogP contribution in [0.1, 0.15) is 37.2 Å². The van der Waals surface area contributed by atoms with Crippen LogP contribution in [-0.4, -0.2) is 12.6 Å². The molecule has 2 atom stereocenters. The van der Waals surface area contributed by atoms with E-state index in [4.69, 9.17) is 0 Å². The Bertz CT molecular complexity index is 459. The molecule has 4 heteroatoms. The van der Waals surface area contributed by atoms with E-state index in [0.29, 0.717) is 16.4 Å². The summed E-state index contributed by atoms with van der Waals surface area (Å²) in [7, 11) is 0. The number of nitrogens with one attached hydrogen (secondary N) is 1. The number of benzene rings is 1. The molecule has 0 aromatic heterocycles. The van der Waals surface area contributed by atoms with Gasteiger partial charge in [0.25, 0.3) is 0 Å². The molecule has 0 spiro atoms. The lowest BCUT2D eigenvalue weighted by atomic mass is 9.69. The third-order valence-corrected chi connectivity index (χ3v) is 4.73. The molecule has 2 aliphatic carbocycles. The van der Waals surface area contributed by atoms with Gasteiger partial charge in [-0.1, -0.05) is 0 Å². The van der Waals surface area contributed by atoms with E-state index < -0.39 is 11.6 Å². The van der Waals surface area contributed by atoms with Crippen LogP contribution < -0.4 is 5.32 Å². The molecule has 0 radical (unpaired) electrons. The average molecular weight is 316 g/mol. The maximum absolute atomic E-state index is 14.0. The van der Waals surface area contributed by atoms with Crippen molar-refractivity contribution in [3.05, 3.63) is 33.8 Å². The van der Waals surface area contributed by atoms with Crippen molar-refractivity contribution < 1.29 is 8.78 Å². The second-order valence-electron chi connectivity index (χ2n) is 5.38. The molecular formula is C14H16BrF2N. The molecule has 0 amide bonds. The molecule has 1 aromatic rings. The first-order valence-electron chi connectivity index (χ1n) is 6.53. The predicted octanol–water partition coefficient (Wildman–Crippen LogP) is 3.97. The summed E-state index contributed by atoms with van der Waals surface area (Å²) in [6.07, 6.45) is 4.45. The smallest absolute Gasteiger partial charge is 0.143 e. The van der Waals surface area contributed by atoms with E-state index in [1.54, 1.807) is 0 Å². The van der Waals surface area contributed by atoms with E-state index in [2.05, 4.69) is 21.2 Å². The third kappa shape index (κ3) is 2.32. The first-order chi connectivity index (χ1) is 8.66. The van der Waals surface area contributed by atoms with E-state index in [1.807, 2.05) is 0 Å². The summed E-state index contributed by atoms with van der Waals surface area (Å²) in [5.74, 6) is -0.411. The van der Waals surface area contributed by atoms with Gasteiger partial charge in [0.15, 0.2) is 0 Å². The fourth-order valence-electron chi connectivity index (χ4n) is 2.68. The van der Waals surface area contributed by atoms with Crippen molar-refractivity contribution in [2.75, 3.05) is 6.54 Å². The molecule has 1 N–H and O–H groups in total. The van der Waals surface area contributed by atoms with Crippen molar-refractivity contribution in [3.63, 3.8) is 0 Å². The molecule has 0 bridgehead atoms. The molecule has 18 heavy (non-hydrogen) atoms. The van der Waals surface area contributed by atoms with Gasteiger partial charge in [-0.3, -0.25) is 0 Å². The Morgan fingerprint density at radius 1 is 1.17 bits per heavy atom. The maximum atomic E-state index is 14.0. The summed E-state index contributed by atoms with van der Waals surface area (Å²) in [4.78, 5) is 0. The van der Waals surface area contributed by atoms with Gasteiger partial charge in [0.1, 0.15) is 11.6 Å². The summed E-state index contributed by atoms with van der Waals surface area (Å²) >= 11 is 3.14. The van der Waals surface area contributed by atoms with E-state index in [-0.39, 0.29) is 11.5 Å². The second kappa shape index (κ2) is 4.89. The molecule has 1 aromatic carbocycles. The van der Waals surface area contributed by atoms with Crippen molar-refractivity contribution in [2.45, 2.75) is 37.6 Å². The van der Waals surface area contributed by atoms with Gasteiger partial charge in [0.2, 0.25) is 0 Å². The number of rotatable bonds is 4. The van der Waals surface area contributed by atoms with Crippen LogP contribution in [0.5, 0.6) is 0 Å². The average Bonchev–Trinajstić information content (AvgIpc) is 3.12. The minimum atomic E-state index is -0.420. The van der Waals surface area contributed by atoms with Crippen LogP contribution in [-0.2, 0) is 0 Å². The third-order valence-electron chi connectivity index (χ3n) is 4.11. The molecule has 0 aliphatic heterocycles. The van der Waals surface area contributed by atoms with Gasteiger partial charge >= 0.3 is 0 Å². The van der Waals surface area contributed by atoms with Crippen LogP contribution in [0.3, 0.4) is 0 Å². The minimum absolute atomic E-state index is 0.0359. The molecule has 0 saturated heterocycles. The normalized spacial score (nSPS) is 27.1. The Morgan fingerprint density at radius 3 is 2.56 bits per heavy atom. The number of halogens is 3. The lowest BCUT2D eigenvalue weighted by molar-refractivity contribution is 0.234. The topological polar surface area (TPSA) is 12.0 Å². The van der Waals surface area contributed by atoms with Gasteiger partial charge in [-0.05, 0) is 72.1 Å². The van der Waals surface area contributed by atoms with Crippen LogP contribution >= 0.6 is 15.9 Å². The zero-order valence-corrected chi connectivity index (χ0v) is 11.6. The van der Waals surface area contributed by atoms with E-state index in [0.717, 1.165) is 19.4 Å². The first kappa shape index (κ1) is 12.5. The quantitative estimate of drug-likeness (QED) is 0.829. The molecular weight excluding hydrogens is 300 g/mol. The second-order valence-corrected chi connectivity index (χ2v) is 6.24. The standard InChI is InChI=1S/C14H16BrF2N/c15-11-5-6-12(16)13(14(11)17)10-4-1-8(10)7-18-9-2-3-9/h5-6,8-10,18H,1-4,7H2. The summed E-state index contributed by atoms with van der Waals surface area (Å²) in [6, 6.07) is 3.44. The molecule has 2 aliphatic rings. The van der Waals surface area contributed by atoms with Crippen LogP contribution in [0.4, 0.5) is 8.78 Å². The SMILES string of the molecule is Fc1ccc(Br)c(F)c1C1CCC1CNC1CC1. The first-order valence-corrected chi connectivity index (χ1v) is 7.33. The molecule has 2 fully saturated rings. The van der Waals surface area contributed by atoms with Crippen LogP contribution in [0, 0.1) is 17.6 Å². The van der Waals surface area contributed by atoms with E-state index >= 15 is 0 Å². The minimum Gasteiger partial charge on any atom is -0.314 e. The number of hydrogen-bond acceptors (Lipinski definition) is 1. The molecule has 2 saturated carbocycles. The lowest BCUT2D eigenvalue weighted by Crippen LogP contribution is -2.35. The highest BCUT2D eigenvalue weighted by molar-refractivity contribution is 9.10. The van der Waals surface area contributed by atoms with Gasteiger partial charge in [-0.25, -0.2) is 8.78 Å². The van der Waals surface area contributed by atoms with Crippen molar-refractivity contribution in [3.8, 4) is 0 Å². The monoisotopic (exact) mass is 315 g/mol. The summed E-state index contributed by atoms with van der Waals surface area (Å²) in [6.45, 7) is 0.890. The van der Waals surface area contributed by atoms with Crippen molar-refractivity contribution in [2.24, 2.45) is 5.92 Å². The van der Waals surface area contributed by atoms with Gasteiger partial charge in [0.05, 0.1) is 4.47 Å². The van der Waals surface area contributed by atoms with Gasteiger partial charge < -0.3 is 5.32 Å². The van der Waals surface area contributed by atoms with Gasteiger partial charge in [0, 0.05) is 11.6 Å². The Hall–Kier alpha value is -0.480. The lowest BCUT2D eigenvalue weighted by Gasteiger charge is -2.37. The Balaban J connectivity index is 1.75. The summed E-state index contributed by atoms with van der Waals surface area (Å²) in [5.41, 5.74) is 0.276. The molecule has 0 heterocycles. The zero-order chi connectivity index (χ0) is 12.7. The van der Waals surface area contributed by atoms with Crippen molar-refractivity contribution >= 4 is 15.9 Å². The van der Waals surface area contributed by atoms with Gasteiger partial charge in [-0.15, -0.1) is 0 Å². The Labute approximate surface area is 114 Å². The fourth-order valence-corrected chi connectivity index (χ4v) is 3.03. The molecule has 2 unspecified atom stereocenters. The Morgan fingerprint density at radius 2 is 1.94 bits per heavy atom. The fraction of sp³-hybridized carbons (Fsp3) is 0.571. The highest BCUT2D eigenvalue weighted by Crippen LogP contribution is 2.45. The van der Waals surface area contributed by atoms with Crippen LogP contribution in [0.2, 0.25) is 0 Å². The summed E-state index contributed by atoms with van der Waals surface area (Å²) in [5, 5.41) is 3.46. The van der Waals surface area contributed by atoms with Crippen LogP contribution in [0.15, 0.2) is 16.6 Å². The zero-order valence-electron chi connectivity index (χ0n) is 10.1. The van der Waals surface area contributed by atoms with E-state index in [1.165, 1.54) is 25.0 Å². The maximum Gasteiger partial charge on any atom is 0.143 e.